The Kier molecular flexibility index (Phi) is 5.52. The van der Waals surface area contributed by atoms with Crippen LogP contribution in [0.1, 0.15) is 42.6 Å². The highest BCUT2D eigenvalue weighted by Gasteiger charge is 2.12. The number of hydrogen-bond acceptors (Lipinski definition) is 3. The van der Waals surface area contributed by atoms with Gasteiger partial charge in [-0.2, -0.15) is 0 Å². The van der Waals surface area contributed by atoms with Gasteiger partial charge in [0.1, 0.15) is 5.75 Å². The molecular formula is C19H21NO3. The quantitative estimate of drug-likeness (QED) is 0.819. The van der Waals surface area contributed by atoms with Crippen LogP contribution in [0.2, 0.25) is 0 Å². The van der Waals surface area contributed by atoms with Crippen molar-refractivity contribution >= 4 is 17.4 Å². The molecule has 4 heteroatoms. The minimum Gasteiger partial charge on any atom is -0.483 e. The van der Waals surface area contributed by atoms with E-state index in [9.17, 15) is 9.59 Å². The van der Waals surface area contributed by atoms with Gasteiger partial charge < -0.3 is 10.1 Å². The average Bonchev–Trinajstić information content (AvgIpc) is 2.53. The highest BCUT2D eigenvalue weighted by atomic mass is 16.5. The predicted molar refractivity (Wildman–Crippen MR) is 91.1 cm³/mol. The summed E-state index contributed by atoms with van der Waals surface area (Å²) in [6, 6.07) is 14.6. The molecule has 0 radical (unpaired) electrons. The highest BCUT2D eigenvalue weighted by Crippen LogP contribution is 2.25. The van der Waals surface area contributed by atoms with E-state index < -0.39 is 0 Å². The summed E-state index contributed by atoms with van der Waals surface area (Å²) in [4.78, 5) is 23.7. The molecule has 4 nitrogen and oxygen atoms in total. The van der Waals surface area contributed by atoms with E-state index in [1.54, 1.807) is 24.3 Å². The molecule has 2 rings (SSSR count). The van der Waals surface area contributed by atoms with Gasteiger partial charge in [0.25, 0.3) is 5.91 Å². The van der Waals surface area contributed by atoms with Crippen LogP contribution in [0.25, 0.3) is 0 Å². The lowest BCUT2D eigenvalue weighted by molar-refractivity contribution is -0.118. The van der Waals surface area contributed by atoms with Crippen molar-refractivity contribution < 1.29 is 14.3 Å². The SMILES string of the molecule is CC(=O)c1ccccc1NC(=O)COc1ccccc1C(C)C. The van der Waals surface area contributed by atoms with E-state index >= 15 is 0 Å². The molecule has 120 valence electrons. The standard InChI is InChI=1S/C19H21NO3/c1-13(2)15-8-5-7-11-18(15)23-12-19(22)20-17-10-6-4-9-16(17)14(3)21/h4-11,13H,12H2,1-3H3,(H,20,22). The topological polar surface area (TPSA) is 55.4 Å². The van der Waals surface area contributed by atoms with Crippen LogP contribution in [0.4, 0.5) is 5.69 Å². The van der Waals surface area contributed by atoms with E-state index in [1.807, 2.05) is 24.3 Å². The summed E-state index contributed by atoms with van der Waals surface area (Å²) >= 11 is 0. The molecule has 1 N–H and O–H groups in total. The predicted octanol–water partition coefficient (Wildman–Crippen LogP) is 4.03. The van der Waals surface area contributed by atoms with Crippen LogP contribution < -0.4 is 10.1 Å². The van der Waals surface area contributed by atoms with Gasteiger partial charge in [-0.1, -0.05) is 44.2 Å². The van der Waals surface area contributed by atoms with Crippen LogP contribution in [0.3, 0.4) is 0 Å². The van der Waals surface area contributed by atoms with Gasteiger partial charge in [-0.3, -0.25) is 9.59 Å². The van der Waals surface area contributed by atoms with Crippen LogP contribution in [0.15, 0.2) is 48.5 Å². The number of ketones is 1. The second-order valence-corrected chi connectivity index (χ2v) is 5.63. The van der Waals surface area contributed by atoms with Gasteiger partial charge >= 0.3 is 0 Å². The first-order valence-electron chi connectivity index (χ1n) is 7.60. The Hall–Kier alpha value is -2.62. The Balaban J connectivity index is 2.03. The van der Waals surface area contributed by atoms with Crippen molar-refractivity contribution in [3.05, 3.63) is 59.7 Å². The van der Waals surface area contributed by atoms with Crippen molar-refractivity contribution in [2.45, 2.75) is 26.7 Å². The first-order valence-corrected chi connectivity index (χ1v) is 7.60. The summed E-state index contributed by atoms with van der Waals surface area (Å²) < 4.78 is 5.64. The Morgan fingerprint density at radius 2 is 1.70 bits per heavy atom. The Labute approximate surface area is 136 Å². The summed E-state index contributed by atoms with van der Waals surface area (Å²) in [5.74, 6) is 0.634. The van der Waals surface area contributed by atoms with Gasteiger partial charge in [0.15, 0.2) is 12.4 Å². The number of carbonyl (C=O) groups is 2. The van der Waals surface area contributed by atoms with Gasteiger partial charge in [-0.05, 0) is 36.6 Å². The van der Waals surface area contributed by atoms with E-state index in [1.165, 1.54) is 6.92 Å². The molecule has 0 saturated carbocycles. The normalized spacial score (nSPS) is 10.4. The van der Waals surface area contributed by atoms with Crippen molar-refractivity contribution in [3.8, 4) is 5.75 Å². The number of rotatable bonds is 6. The number of Topliss-reactive ketones (excluding diaryl/α,β-unsaturated/α-hetero) is 1. The van der Waals surface area contributed by atoms with E-state index in [-0.39, 0.29) is 18.3 Å². The molecule has 0 atom stereocenters. The fourth-order valence-electron chi connectivity index (χ4n) is 2.32. The fraction of sp³-hybridized carbons (Fsp3) is 0.263. The minimum absolute atomic E-state index is 0.0908. The molecule has 0 saturated heterocycles. The third-order valence-electron chi connectivity index (χ3n) is 3.48. The Morgan fingerprint density at radius 1 is 1.04 bits per heavy atom. The van der Waals surface area contributed by atoms with Crippen LogP contribution in [0, 0.1) is 0 Å². The van der Waals surface area contributed by atoms with Crippen LogP contribution in [0.5, 0.6) is 5.75 Å². The third kappa shape index (κ3) is 4.42. The summed E-state index contributed by atoms with van der Waals surface area (Å²) in [5, 5.41) is 2.73. The molecule has 0 aliphatic heterocycles. The molecule has 0 aliphatic rings. The summed E-state index contributed by atoms with van der Waals surface area (Å²) in [7, 11) is 0. The molecule has 0 unspecified atom stereocenters. The zero-order valence-electron chi connectivity index (χ0n) is 13.6. The molecule has 0 heterocycles. The number of ether oxygens (including phenoxy) is 1. The van der Waals surface area contributed by atoms with Crippen molar-refractivity contribution in [3.63, 3.8) is 0 Å². The number of nitrogens with one attached hydrogen (secondary N) is 1. The minimum atomic E-state index is -0.294. The molecule has 0 fully saturated rings. The van der Waals surface area contributed by atoms with Crippen LogP contribution in [-0.4, -0.2) is 18.3 Å². The van der Waals surface area contributed by atoms with Crippen LogP contribution >= 0.6 is 0 Å². The zero-order chi connectivity index (χ0) is 16.8. The Morgan fingerprint density at radius 3 is 2.39 bits per heavy atom. The second-order valence-electron chi connectivity index (χ2n) is 5.63. The van der Waals surface area contributed by atoms with Gasteiger partial charge in [0.05, 0.1) is 5.69 Å². The summed E-state index contributed by atoms with van der Waals surface area (Å²) in [6.45, 7) is 5.52. The van der Waals surface area contributed by atoms with Gasteiger partial charge in [-0.25, -0.2) is 0 Å². The van der Waals surface area contributed by atoms with Crippen molar-refractivity contribution in [1.82, 2.24) is 0 Å². The van der Waals surface area contributed by atoms with Crippen molar-refractivity contribution in [2.24, 2.45) is 0 Å². The molecular weight excluding hydrogens is 290 g/mol. The Bertz CT molecular complexity index is 707. The molecule has 23 heavy (non-hydrogen) atoms. The highest BCUT2D eigenvalue weighted by molar-refractivity contribution is 6.03. The van der Waals surface area contributed by atoms with Crippen LogP contribution in [-0.2, 0) is 4.79 Å². The first kappa shape index (κ1) is 16.7. The molecule has 1 amide bonds. The van der Waals surface area contributed by atoms with E-state index in [0.717, 1.165) is 5.56 Å². The fourth-order valence-corrected chi connectivity index (χ4v) is 2.32. The van der Waals surface area contributed by atoms with Crippen molar-refractivity contribution in [2.75, 3.05) is 11.9 Å². The van der Waals surface area contributed by atoms with Gasteiger partial charge in [0.2, 0.25) is 0 Å². The molecule has 0 aliphatic carbocycles. The molecule has 2 aromatic rings. The second kappa shape index (κ2) is 7.58. The lowest BCUT2D eigenvalue weighted by Crippen LogP contribution is -2.21. The van der Waals surface area contributed by atoms with Crippen molar-refractivity contribution in [1.29, 1.82) is 0 Å². The largest absolute Gasteiger partial charge is 0.483 e. The zero-order valence-corrected chi connectivity index (χ0v) is 13.6. The smallest absolute Gasteiger partial charge is 0.262 e. The summed E-state index contributed by atoms with van der Waals surface area (Å²) in [5.41, 5.74) is 2.05. The lowest BCUT2D eigenvalue weighted by Gasteiger charge is -2.14. The number of hydrogen-bond donors (Lipinski definition) is 1. The average molecular weight is 311 g/mol. The maximum Gasteiger partial charge on any atom is 0.262 e. The lowest BCUT2D eigenvalue weighted by atomic mass is 10.0. The number of anilines is 1. The number of para-hydroxylation sites is 2. The van der Waals surface area contributed by atoms with E-state index in [2.05, 4.69) is 19.2 Å². The first-order chi connectivity index (χ1) is 11.0. The van der Waals surface area contributed by atoms with E-state index in [4.69, 9.17) is 4.74 Å². The van der Waals surface area contributed by atoms with Gasteiger partial charge in [0, 0.05) is 5.56 Å². The summed E-state index contributed by atoms with van der Waals surface area (Å²) in [6.07, 6.45) is 0. The van der Waals surface area contributed by atoms with Gasteiger partial charge in [-0.15, -0.1) is 0 Å². The molecule has 0 spiro atoms. The molecule has 2 aromatic carbocycles. The maximum atomic E-state index is 12.1. The number of benzene rings is 2. The third-order valence-corrected chi connectivity index (χ3v) is 3.48. The van der Waals surface area contributed by atoms with E-state index in [0.29, 0.717) is 22.9 Å². The number of carbonyl (C=O) groups excluding carboxylic acids is 2. The molecule has 0 aromatic heterocycles. The number of amides is 1. The monoisotopic (exact) mass is 311 g/mol. The molecule has 0 bridgehead atoms. The maximum absolute atomic E-state index is 12.1.